The maximum Gasteiger partial charge on any atom is 0.295 e. The highest BCUT2D eigenvalue weighted by molar-refractivity contribution is 7.08. The minimum Gasteiger partial charge on any atom is -0.478 e. The van der Waals surface area contributed by atoms with Crippen LogP contribution in [0.25, 0.3) is 11.1 Å². The van der Waals surface area contributed by atoms with Gasteiger partial charge in [0.2, 0.25) is 11.7 Å². The van der Waals surface area contributed by atoms with E-state index in [2.05, 4.69) is 4.98 Å². The van der Waals surface area contributed by atoms with Crippen LogP contribution in [0.1, 0.15) is 38.8 Å². The van der Waals surface area contributed by atoms with Gasteiger partial charge >= 0.3 is 0 Å². The number of aromatic nitrogens is 1. The molecule has 2 aromatic heterocycles. The quantitative estimate of drug-likeness (QED) is 0.344. The molecular formula is C26H26N2O4S. The number of carbonyl (C=O) groups is 3. The van der Waals surface area contributed by atoms with Crippen molar-refractivity contribution >= 4 is 34.5 Å². The molecule has 1 saturated heterocycles. The molecule has 0 radical (unpaired) electrons. The Balaban J connectivity index is 1.81. The molecule has 4 rings (SSSR count). The van der Waals surface area contributed by atoms with Crippen LogP contribution in [0, 0.1) is 11.8 Å². The predicted octanol–water partition coefficient (Wildman–Crippen LogP) is 5.10. The molecule has 0 bridgehead atoms. The smallest absolute Gasteiger partial charge is 0.295 e. The Morgan fingerprint density at radius 1 is 1.12 bits per heavy atom. The first-order valence-corrected chi connectivity index (χ1v) is 12.0. The van der Waals surface area contributed by atoms with Gasteiger partial charge < -0.3 is 4.74 Å². The molecule has 1 aliphatic heterocycles. The number of rotatable bonds is 8. The molecule has 1 fully saturated rings. The van der Waals surface area contributed by atoms with Crippen LogP contribution in [0.15, 0.2) is 59.4 Å². The van der Waals surface area contributed by atoms with Crippen LogP contribution in [-0.4, -0.2) is 29.1 Å². The van der Waals surface area contributed by atoms with Gasteiger partial charge in [-0.15, -0.1) is 0 Å². The molecule has 1 aromatic carbocycles. The summed E-state index contributed by atoms with van der Waals surface area (Å²) in [6.45, 7) is 6.06. The second kappa shape index (κ2) is 9.67. The first-order chi connectivity index (χ1) is 15.9. The average molecular weight is 463 g/mol. The summed E-state index contributed by atoms with van der Waals surface area (Å²) in [6, 6.07) is 12.2. The number of hydrogen-bond acceptors (Lipinski definition) is 6. The van der Waals surface area contributed by atoms with Crippen LogP contribution in [0.3, 0.4) is 0 Å². The van der Waals surface area contributed by atoms with Crippen molar-refractivity contribution in [2.24, 2.45) is 11.8 Å². The van der Waals surface area contributed by atoms with Crippen molar-refractivity contribution in [3.05, 3.63) is 65.0 Å². The Kier molecular flexibility index (Phi) is 6.70. The van der Waals surface area contributed by atoms with E-state index in [-0.39, 0.29) is 18.1 Å². The van der Waals surface area contributed by atoms with Gasteiger partial charge in [-0.2, -0.15) is 11.3 Å². The molecule has 2 unspecified atom stereocenters. The first kappa shape index (κ1) is 22.9. The minimum atomic E-state index is -1.10. The van der Waals surface area contributed by atoms with E-state index >= 15 is 0 Å². The van der Waals surface area contributed by atoms with Crippen LogP contribution in [0.2, 0.25) is 0 Å². The van der Waals surface area contributed by atoms with Gasteiger partial charge in [-0.05, 0) is 65.1 Å². The highest BCUT2D eigenvalue weighted by Crippen LogP contribution is 2.43. The van der Waals surface area contributed by atoms with E-state index in [1.807, 2.05) is 61.9 Å². The number of hydrogen-bond donors (Lipinski definition) is 0. The Morgan fingerprint density at radius 3 is 2.52 bits per heavy atom. The highest BCUT2D eigenvalue weighted by Gasteiger charge is 2.52. The van der Waals surface area contributed by atoms with E-state index in [0.29, 0.717) is 23.7 Å². The minimum absolute atomic E-state index is 0.0697. The van der Waals surface area contributed by atoms with Gasteiger partial charge in [0, 0.05) is 23.9 Å². The maximum atomic E-state index is 13.2. The zero-order valence-electron chi connectivity index (χ0n) is 18.9. The molecule has 6 nitrogen and oxygen atoms in total. The van der Waals surface area contributed by atoms with Crippen LogP contribution in [-0.2, 0) is 14.4 Å². The lowest BCUT2D eigenvalue weighted by molar-refractivity contribution is -0.139. The maximum absolute atomic E-state index is 13.2. The summed E-state index contributed by atoms with van der Waals surface area (Å²) in [4.78, 5) is 45.3. The number of amides is 1. The molecule has 0 N–H and O–H groups in total. The van der Waals surface area contributed by atoms with Crippen molar-refractivity contribution in [2.75, 3.05) is 11.5 Å². The van der Waals surface area contributed by atoms with Crippen molar-refractivity contribution in [1.29, 1.82) is 0 Å². The Labute approximate surface area is 197 Å². The fourth-order valence-electron chi connectivity index (χ4n) is 4.25. The highest BCUT2D eigenvalue weighted by atomic mass is 32.1. The molecule has 3 heterocycles. The van der Waals surface area contributed by atoms with Crippen molar-refractivity contribution in [1.82, 2.24) is 4.98 Å². The van der Waals surface area contributed by atoms with Gasteiger partial charge in [-0.3, -0.25) is 19.3 Å². The molecule has 2 atom stereocenters. The van der Waals surface area contributed by atoms with Gasteiger partial charge in [-0.1, -0.05) is 26.0 Å². The normalized spacial score (nSPS) is 18.2. The molecule has 170 valence electrons. The Bertz CT molecular complexity index is 1160. The molecule has 0 saturated carbocycles. The van der Waals surface area contributed by atoms with Crippen LogP contribution in [0.4, 0.5) is 5.69 Å². The molecule has 33 heavy (non-hydrogen) atoms. The molecule has 0 aliphatic carbocycles. The average Bonchev–Trinajstić information content (AvgIpc) is 3.42. The lowest BCUT2D eigenvalue weighted by atomic mass is 9.86. The number of ketones is 2. The van der Waals surface area contributed by atoms with Crippen molar-refractivity contribution in [2.45, 2.75) is 33.2 Å². The number of benzene rings is 1. The molecule has 1 aliphatic rings. The zero-order valence-corrected chi connectivity index (χ0v) is 19.7. The van der Waals surface area contributed by atoms with Crippen molar-refractivity contribution < 1.29 is 19.1 Å². The van der Waals surface area contributed by atoms with E-state index in [4.69, 9.17) is 4.74 Å². The number of nitrogens with zero attached hydrogens (tertiary/aromatic N) is 2. The summed E-state index contributed by atoms with van der Waals surface area (Å²) >= 11 is 1.61. The lowest BCUT2D eigenvalue weighted by Crippen LogP contribution is -2.31. The summed E-state index contributed by atoms with van der Waals surface area (Å²) < 4.78 is 5.71. The van der Waals surface area contributed by atoms with E-state index < -0.39 is 23.7 Å². The monoisotopic (exact) mass is 462 g/mol. The third-order valence-electron chi connectivity index (χ3n) is 5.66. The fraction of sp³-hybridized carbons (Fsp3) is 0.308. The molecule has 0 spiro atoms. The molecule has 7 heteroatoms. The fourth-order valence-corrected chi connectivity index (χ4v) is 4.91. The van der Waals surface area contributed by atoms with Gasteiger partial charge in [0.15, 0.2) is 0 Å². The van der Waals surface area contributed by atoms with Crippen LogP contribution >= 0.6 is 11.3 Å². The topological polar surface area (TPSA) is 76.6 Å². The van der Waals surface area contributed by atoms with Gasteiger partial charge in [0.25, 0.3) is 5.91 Å². The number of Topliss-reactive ketones (excluding diaryl/α,β-unsaturated/α-hetero) is 2. The largest absolute Gasteiger partial charge is 0.478 e. The summed E-state index contributed by atoms with van der Waals surface area (Å²) in [5, 5.41) is 4.05. The van der Waals surface area contributed by atoms with Crippen LogP contribution < -0.4 is 9.64 Å². The van der Waals surface area contributed by atoms with Crippen molar-refractivity contribution in [3.63, 3.8) is 0 Å². The second-order valence-electron chi connectivity index (χ2n) is 8.42. The standard InChI is InChI=1S/C26H26N2O4S/c1-4-32-25-20(6-5-12-27-25)23-22(21(29)14-16(2)3)24(30)26(31)28(23)19-9-7-17(8-10-19)18-11-13-33-15-18/h5-13,15-16,22-23H,4,14H2,1-3H3. The first-order valence-electron chi connectivity index (χ1n) is 11.0. The molecule has 1 amide bonds. The number of pyridine rings is 1. The van der Waals surface area contributed by atoms with Gasteiger partial charge in [0.1, 0.15) is 11.7 Å². The van der Waals surface area contributed by atoms with Gasteiger partial charge in [0.05, 0.1) is 12.6 Å². The van der Waals surface area contributed by atoms with E-state index in [1.54, 1.807) is 29.7 Å². The van der Waals surface area contributed by atoms with Crippen molar-refractivity contribution in [3.8, 4) is 17.0 Å². The van der Waals surface area contributed by atoms with E-state index in [0.717, 1.165) is 11.1 Å². The SMILES string of the molecule is CCOc1ncccc1C1C(C(=O)CC(C)C)C(=O)C(=O)N1c1ccc(-c2ccsc2)cc1. The summed E-state index contributed by atoms with van der Waals surface area (Å²) in [5.41, 5.74) is 3.21. The molecule has 3 aromatic rings. The summed E-state index contributed by atoms with van der Waals surface area (Å²) in [7, 11) is 0. The Morgan fingerprint density at radius 2 is 1.88 bits per heavy atom. The second-order valence-corrected chi connectivity index (χ2v) is 9.20. The lowest BCUT2D eigenvalue weighted by Gasteiger charge is -2.28. The van der Waals surface area contributed by atoms with E-state index in [1.165, 1.54) is 4.90 Å². The Hall–Kier alpha value is -3.32. The van der Waals surface area contributed by atoms with Crippen LogP contribution in [0.5, 0.6) is 5.88 Å². The third-order valence-corrected chi connectivity index (χ3v) is 6.35. The number of ether oxygens (including phenoxy) is 1. The number of thiophene rings is 1. The zero-order chi connectivity index (χ0) is 23.5. The predicted molar refractivity (Wildman–Crippen MR) is 128 cm³/mol. The van der Waals surface area contributed by atoms with Gasteiger partial charge in [-0.25, -0.2) is 4.98 Å². The number of carbonyl (C=O) groups excluding carboxylic acids is 3. The summed E-state index contributed by atoms with van der Waals surface area (Å²) in [5.74, 6) is -2.30. The van der Waals surface area contributed by atoms with E-state index in [9.17, 15) is 14.4 Å². The molecular weight excluding hydrogens is 436 g/mol. The number of anilines is 1. The third kappa shape index (κ3) is 4.46. The summed E-state index contributed by atoms with van der Waals surface area (Å²) in [6.07, 6.45) is 1.81.